The van der Waals surface area contributed by atoms with E-state index in [4.69, 9.17) is 6.42 Å². The SMILES string of the molecule is C#Cc1cccc(C#CC2=C(C)S/C(=C3/SC(C)=C(CC)S3)S2)c1.CC. The van der Waals surface area contributed by atoms with Gasteiger partial charge in [0.05, 0.1) is 13.4 Å². The van der Waals surface area contributed by atoms with Crippen LogP contribution in [0.1, 0.15) is 52.2 Å². The van der Waals surface area contributed by atoms with Crippen LogP contribution in [0.3, 0.4) is 0 Å². The van der Waals surface area contributed by atoms with Gasteiger partial charge in [-0.1, -0.05) is 91.6 Å². The van der Waals surface area contributed by atoms with Crippen molar-refractivity contribution in [1.29, 1.82) is 0 Å². The van der Waals surface area contributed by atoms with Gasteiger partial charge in [-0.05, 0) is 48.3 Å². The largest absolute Gasteiger partial charge is 0.115 e. The molecule has 4 heteroatoms. The summed E-state index contributed by atoms with van der Waals surface area (Å²) in [4.78, 5) is 5.37. The summed E-state index contributed by atoms with van der Waals surface area (Å²) < 4.78 is 2.77. The quantitative estimate of drug-likeness (QED) is 0.427. The molecular weight excluding hydrogens is 393 g/mol. The van der Waals surface area contributed by atoms with E-state index in [0.717, 1.165) is 22.5 Å². The molecule has 0 spiro atoms. The molecule has 0 unspecified atom stereocenters. The number of hydrogen-bond acceptors (Lipinski definition) is 4. The molecule has 134 valence electrons. The van der Waals surface area contributed by atoms with Crippen LogP contribution >= 0.6 is 47.0 Å². The van der Waals surface area contributed by atoms with Gasteiger partial charge in [0.15, 0.2) is 0 Å². The Bertz CT molecular complexity index is 883. The molecular formula is C22H22S4. The summed E-state index contributed by atoms with van der Waals surface area (Å²) in [5, 5.41) is 0. The molecule has 0 bridgehead atoms. The molecule has 0 fully saturated rings. The highest BCUT2D eigenvalue weighted by Crippen LogP contribution is 2.59. The van der Waals surface area contributed by atoms with Gasteiger partial charge in [-0.25, -0.2) is 0 Å². The Morgan fingerprint density at radius 2 is 1.54 bits per heavy atom. The van der Waals surface area contributed by atoms with Crippen LogP contribution in [0.15, 0.2) is 52.4 Å². The van der Waals surface area contributed by atoms with Gasteiger partial charge in [0.1, 0.15) is 0 Å². The van der Waals surface area contributed by atoms with Crippen LogP contribution in [0.25, 0.3) is 0 Å². The van der Waals surface area contributed by atoms with Crippen LogP contribution < -0.4 is 0 Å². The predicted octanol–water partition coefficient (Wildman–Crippen LogP) is 8.01. The van der Waals surface area contributed by atoms with E-state index in [1.54, 1.807) is 11.8 Å². The highest BCUT2D eigenvalue weighted by atomic mass is 32.2. The van der Waals surface area contributed by atoms with Crippen LogP contribution in [-0.2, 0) is 0 Å². The molecule has 2 aliphatic heterocycles. The molecule has 0 aromatic heterocycles. The number of benzene rings is 1. The summed E-state index contributed by atoms with van der Waals surface area (Å²) in [6.07, 6.45) is 6.56. The van der Waals surface area contributed by atoms with Gasteiger partial charge in [0, 0.05) is 16.0 Å². The molecule has 0 nitrogen and oxygen atoms in total. The zero-order valence-electron chi connectivity index (χ0n) is 15.7. The first-order valence-corrected chi connectivity index (χ1v) is 11.8. The van der Waals surface area contributed by atoms with Crippen molar-refractivity contribution in [3.8, 4) is 24.2 Å². The molecule has 26 heavy (non-hydrogen) atoms. The Balaban J connectivity index is 0.00000117. The third-order valence-corrected chi connectivity index (χ3v) is 9.30. The van der Waals surface area contributed by atoms with Crippen molar-refractivity contribution in [2.75, 3.05) is 0 Å². The number of rotatable bonds is 1. The molecule has 1 aromatic rings. The van der Waals surface area contributed by atoms with E-state index >= 15 is 0 Å². The van der Waals surface area contributed by atoms with E-state index in [2.05, 4.69) is 38.5 Å². The molecule has 0 saturated heterocycles. The maximum atomic E-state index is 5.45. The first-order chi connectivity index (χ1) is 12.6. The maximum Gasteiger partial charge on any atom is 0.0726 e. The molecule has 3 rings (SSSR count). The van der Waals surface area contributed by atoms with Crippen molar-refractivity contribution in [3.63, 3.8) is 0 Å². The second-order valence-electron chi connectivity index (χ2n) is 5.18. The maximum absolute atomic E-state index is 5.45. The fraction of sp³-hybridized carbons (Fsp3) is 0.273. The third-order valence-electron chi connectivity index (χ3n) is 3.45. The molecule has 0 amide bonds. The first kappa shape index (κ1) is 21.3. The van der Waals surface area contributed by atoms with Crippen molar-refractivity contribution < 1.29 is 0 Å². The van der Waals surface area contributed by atoms with Gasteiger partial charge in [0.25, 0.3) is 0 Å². The molecule has 0 radical (unpaired) electrons. The zero-order chi connectivity index (χ0) is 19.1. The highest BCUT2D eigenvalue weighted by molar-refractivity contribution is 8.34. The number of allylic oxidation sites excluding steroid dienone is 4. The molecule has 2 heterocycles. The first-order valence-electron chi connectivity index (χ1n) is 8.55. The van der Waals surface area contributed by atoms with Crippen molar-refractivity contribution in [2.45, 2.75) is 41.0 Å². The minimum Gasteiger partial charge on any atom is -0.115 e. The van der Waals surface area contributed by atoms with Crippen LogP contribution in [0.4, 0.5) is 0 Å². The lowest BCUT2D eigenvalue weighted by atomic mass is 10.1. The van der Waals surface area contributed by atoms with Crippen molar-refractivity contribution in [3.05, 3.63) is 63.5 Å². The Morgan fingerprint density at radius 3 is 2.19 bits per heavy atom. The zero-order valence-corrected chi connectivity index (χ0v) is 19.0. The number of terminal acetylenes is 1. The topological polar surface area (TPSA) is 0 Å². The van der Waals surface area contributed by atoms with Gasteiger partial charge in [0.2, 0.25) is 0 Å². The summed E-state index contributed by atoms with van der Waals surface area (Å²) in [6, 6.07) is 7.84. The highest BCUT2D eigenvalue weighted by Gasteiger charge is 2.25. The molecule has 0 saturated carbocycles. The van der Waals surface area contributed by atoms with E-state index in [1.165, 1.54) is 23.2 Å². The minimum absolute atomic E-state index is 0.871. The molecule has 0 aliphatic carbocycles. The van der Waals surface area contributed by atoms with E-state index in [0.29, 0.717) is 0 Å². The smallest absolute Gasteiger partial charge is 0.0726 e. The Hall–Kier alpha value is -1.04. The molecule has 0 atom stereocenters. The molecule has 2 aliphatic rings. The Morgan fingerprint density at radius 1 is 0.885 bits per heavy atom. The molecule has 1 aromatic carbocycles. The summed E-state index contributed by atoms with van der Waals surface area (Å²) in [5.41, 5.74) is 1.84. The lowest BCUT2D eigenvalue weighted by Crippen LogP contribution is -1.78. The Kier molecular flexibility index (Phi) is 8.45. The lowest BCUT2D eigenvalue weighted by Gasteiger charge is -2.01. The number of thioether (sulfide) groups is 4. The number of hydrogen-bond donors (Lipinski definition) is 0. The normalized spacial score (nSPS) is 18.9. The summed E-state index contributed by atoms with van der Waals surface area (Å²) >= 11 is 7.47. The van der Waals surface area contributed by atoms with Gasteiger partial charge in [-0.3, -0.25) is 0 Å². The van der Waals surface area contributed by atoms with Gasteiger partial charge in [-0.15, -0.1) is 6.42 Å². The summed E-state index contributed by atoms with van der Waals surface area (Å²) in [6.45, 7) is 10.6. The van der Waals surface area contributed by atoms with Crippen LogP contribution in [0.5, 0.6) is 0 Å². The Labute approximate surface area is 175 Å². The minimum atomic E-state index is 0.871. The van der Waals surface area contributed by atoms with Gasteiger partial charge < -0.3 is 0 Å². The van der Waals surface area contributed by atoms with Crippen molar-refractivity contribution >= 4 is 47.0 Å². The van der Waals surface area contributed by atoms with E-state index in [-0.39, 0.29) is 0 Å². The summed E-state index contributed by atoms with van der Waals surface area (Å²) in [5.74, 6) is 9.23. The van der Waals surface area contributed by atoms with Gasteiger partial charge in [-0.2, -0.15) is 0 Å². The molecule has 0 N–H and O–H groups in total. The van der Waals surface area contributed by atoms with Gasteiger partial charge >= 0.3 is 0 Å². The van der Waals surface area contributed by atoms with Crippen molar-refractivity contribution in [2.24, 2.45) is 0 Å². The van der Waals surface area contributed by atoms with E-state index < -0.39 is 0 Å². The van der Waals surface area contributed by atoms with Crippen LogP contribution in [-0.4, -0.2) is 0 Å². The van der Waals surface area contributed by atoms with E-state index in [9.17, 15) is 0 Å². The fourth-order valence-electron chi connectivity index (χ4n) is 2.19. The predicted molar refractivity (Wildman–Crippen MR) is 126 cm³/mol. The van der Waals surface area contributed by atoms with Crippen LogP contribution in [0, 0.1) is 24.2 Å². The second kappa shape index (κ2) is 10.3. The standard InChI is InChI=1S/C20H16S4.C2H6/c1-5-15-8-7-9-16(12-15)10-11-18-14(4)22-20(24-18)19-21-13(3)17(6-2)23-19;1-2/h1,7-9,12H,6H2,2-4H3;1-2H3/b20-19+;. The fourth-order valence-corrected chi connectivity index (χ4v) is 7.56. The second-order valence-corrected chi connectivity index (χ2v) is 10.3. The van der Waals surface area contributed by atoms with Crippen LogP contribution in [0.2, 0.25) is 0 Å². The monoisotopic (exact) mass is 414 g/mol. The van der Waals surface area contributed by atoms with Crippen molar-refractivity contribution in [1.82, 2.24) is 0 Å². The summed E-state index contributed by atoms with van der Waals surface area (Å²) in [7, 11) is 0. The third kappa shape index (κ3) is 5.24. The lowest BCUT2D eigenvalue weighted by molar-refractivity contribution is 1.19. The average molecular weight is 415 g/mol. The average Bonchev–Trinajstić information content (AvgIpc) is 3.24. The van der Waals surface area contributed by atoms with E-state index in [1.807, 2.05) is 73.4 Å².